The summed E-state index contributed by atoms with van der Waals surface area (Å²) in [6, 6.07) is 34.7. The van der Waals surface area contributed by atoms with E-state index in [-0.39, 0.29) is 0 Å². The number of hydrogen-bond donors (Lipinski definition) is 0. The van der Waals surface area contributed by atoms with Gasteiger partial charge in [0.2, 0.25) is 0 Å². The van der Waals surface area contributed by atoms with Crippen LogP contribution >= 0.6 is 0 Å². The molecule has 0 aliphatic carbocycles. The van der Waals surface area contributed by atoms with Gasteiger partial charge in [-0.1, -0.05) is 104 Å². The Kier molecular flexibility index (Phi) is 5.18. The molecule has 0 unspecified atom stereocenters. The molecule has 31 heavy (non-hydrogen) atoms. The maximum Gasteiger partial charge on any atom is 0.130 e. The van der Waals surface area contributed by atoms with Gasteiger partial charge in [-0.3, -0.25) is 0 Å². The highest BCUT2D eigenvalue weighted by Gasteiger charge is 2.20. The van der Waals surface area contributed by atoms with E-state index in [4.69, 9.17) is 4.74 Å². The topological polar surface area (TPSA) is 9.23 Å². The molecule has 1 heteroatoms. The van der Waals surface area contributed by atoms with Gasteiger partial charge in [-0.25, -0.2) is 0 Å². The first kappa shape index (κ1) is 19.4. The lowest BCUT2D eigenvalue weighted by Crippen LogP contribution is -2.00. The minimum atomic E-state index is 0.647. The molecule has 0 aromatic heterocycles. The van der Waals surface area contributed by atoms with Gasteiger partial charge in [0, 0.05) is 10.9 Å². The first-order valence-electron chi connectivity index (χ1n) is 11.1. The number of fused-ring (bicyclic) bond motifs is 2. The Morgan fingerprint density at radius 2 is 1.10 bits per heavy atom. The van der Waals surface area contributed by atoms with Crippen molar-refractivity contribution < 1.29 is 4.74 Å². The van der Waals surface area contributed by atoms with Crippen molar-refractivity contribution in [3.8, 4) is 28.0 Å². The molecule has 0 aliphatic heterocycles. The molecular weight excluding hydrogens is 376 g/mol. The van der Waals surface area contributed by atoms with E-state index >= 15 is 0 Å². The molecule has 0 saturated carbocycles. The lowest BCUT2D eigenvalue weighted by Gasteiger charge is -2.21. The summed E-state index contributed by atoms with van der Waals surface area (Å²) in [5, 5.41) is 4.98. The summed E-state index contributed by atoms with van der Waals surface area (Å²) >= 11 is 0. The van der Waals surface area contributed by atoms with Crippen molar-refractivity contribution in [2.24, 2.45) is 0 Å². The molecule has 1 nitrogen and oxygen atoms in total. The Morgan fingerprint density at radius 3 is 1.68 bits per heavy atom. The second kappa shape index (κ2) is 8.28. The molecule has 0 radical (unpaired) electrons. The fourth-order valence-electron chi connectivity index (χ4n) is 4.69. The van der Waals surface area contributed by atoms with Crippen LogP contribution in [0.5, 0.6) is 5.75 Å². The van der Waals surface area contributed by atoms with Crippen molar-refractivity contribution in [3.63, 3.8) is 0 Å². The zero-order valence-corrected chi connectivity index (χ0v) is 18.1. The van der Waals surface area contributed by atoms with E-state index < -0.39 is 0 Å². The third kappa shape index (κ3) is 3.27. The number of benzene rings is 5. The van der Waals surface area contributed by atoms with Crippen LogP contribution in [0.2, 0.25) is 0 Å². The molecule has 5 aromatic carbocycles. The van der Waals surface area contributed by atoms with Crippen LogP contribution in [0.4, 0.5) is 0 Å². The van der Waals surface area contributed by atoms with Gasteiger partial charge in [0.1, 0.15) is 5.75 Å². The third-order valence-electron chi connectivity index (χ3n) is 6.02. The normalized spacial score (nSPS) is 11.2. The fraction of sp³-hybridized carbons (Fsp3) is 0.133. The summed E-state index contributed by atoms with van der Waals surface area (Å²) in [5.74, 6) is 1.02. The Bertz CT molecular complexity index is 1350. The van der Waals surface area contributed by atoms with Crippen LogP contribution in [0.25, 0.3) is 43.8 Å². The molecule has 0 amide bonds. The maximum atomic E-state index is 6.34. The van der Waals surface area contributed by atoms with Gasteiger partial charge < -0.3 is 4.74 Å². The standard InChI is InChI=1S/C30H26O/c1-3-21-19-20-26-27(22-13-7-5-8-14-22)24-17-11-12-18-25(24)28(23-15-9-6-10-16-23)29(26)30(21)31-4-2/h5-20H,3-4H2,1-2H3. The highest BCUT2D eigenvalue weighted by atomic mass is 16.5. The first-order valence-corrected chi connectivity index (χ1v) is 11.1. The van der Waals surface area contributed by atoms with Gasteiger partial charge in [0.25, 0.3) is 0 Å². The minimum absolute atomic E-state index is 0.647. The molecule has 0 fully saturated rings. The van der Waals surface area contributed by atoms with Crippen molar-refractivity contribution >= 4 is 21.5 Å². The lowest BCUT2D eigenvalue weighted by molar-refractivity contribution is 0.341. The van der Waals surface area contributed by atoms with Crippen molar-refractivity contribution in [1.29, 1.82) is 0 Å². The van der Waals surface area contributed by atoms with Crippen LogP contribution in [0.3, 0.4) is 0 Å². The van der Waals surface area contributed by atoms with Gasteiger partial charge in [-0.15, -0.1) is 0 Å². The van der Waals surface area contributed by atoms with Gasteiger partial charge in [-0.05, 0) is 51.8 Å². The van der Waals surface area contributed by atoms with Gasteiger partial charge in [0.05, 0.1) is 6.61 Å². The van der Waals surface area contributed by atoms with E-state index in [9.17, 15) is 0 Å². The summed E-state index contributed by atoms with van der Waals surface area (Å²) < 4.78 is 6.34. The van der Waals surface area contributed by atoms with Gasteiger partial charge in [-0.2, -0.15) is 0 Å². The van der Waals surface area contributed by atoms with Crippen molar-refractivity contribution in [1.82, 2.24) is 0 Å². The molecule has 0 saturated heterocycles. The van der Waals surface area contributed by atoms with E-state index in [1.807, 2.05) is 0 Å². The predicted molar refractivity (Wildman–Crippen MR) is 133 cm³/mol. The monoisotopic (exact) mass is 402 g/mol. The predicted octanol–water partition coefficient (Wildman–Crippen LogP) is 8.29. The number of rotatable bonds is 5. The first-order chi connectivity index (χ1) is 15.3. The number of aryl methyl sites for hydroxylation is 1. The highest BCUT2D eigenvalue weighted by molar-refractivity contribution is 6.23. The van der Waals surface area contributed by atoms with E-state index in [2.05, 4.69) is 111 Å². The van der Waals surface area contributed by atoms with Crippen LogP contribution in [-0.4, -0.2) is 6.61 Å². The van der Waals surface area contributed by atoms with Crippen LogP contribution in [0.1, 0.15) is 19.4 Å². The zero-order valence-electron chi connectivity index (χ0n) is 18.1. The van der Waals surface area contributed by atoms with Crippen LogP contribution in [0, 0.1) is 0 Å². The molecule has 0 heterocycles. The van der Waals surface area contributed by atoms with Crippen molar-refractivity contribution in [2.75, 3.05) is 6.61 Å². The molecule has 0 spiro atoms. The number of ether oxygens (including phenoxy) is 1. The second-order valence-corrected chi connectivity index (χ2v) is 7.79. The average Bonchev–Trinajstić information content (AvgIpc) is 2.84. The molecule has 0 atom stereocenters. The number of hydrogen-bond acceptors (Lipinski definition) is 1. The SMILES string of the molecule is CCOc1c(CC)ccc2c(-c3ccccc3)c3ccccc3c(-c3ccccc3)c12. The van der Waals surface area contributed by atoms with E-state index in [1.54, 1.807) is 0 Å². The van der Waals surface area contributed by atoms with Gasteiger partial charge in [0.15, 0.2) is 0 Å². The van der Waals surface area contributed by atoms with E-state index in [0.717, 1.165) is 12.2 Å². The molecule has 0 aliphatic rings. The Hall–Kier alpha value is -3.58. The van der Waals surface area contributed by atoms with Crippen molar-refractivity contribution in [2.45, 2.75) is 20.3 Å². The summed E-state index contributed by atoms with van der Waals surface area (Å²) in [7, 11) is 0. The van der Waals surface area contributed by atoms with Crippen LogP contribution < -0.4 is 4.74 Å². The Morgan fingerprint density at radius 1 is 0.548 bits per heavy atom. The smallest absolute Gasteiger partial charge is 0.130 e. The third-order valence-corrected chi connectivity index (χ3v) is 6.02. The largest absolute Gasteiger partial charge is 0.493 e. The van der Waals surface area contributed by atoms with Gasteiger partial charge >= 0.3 is 0 Å². The summed E-state index contributed by atoms with van der Waals surface area (Å²) in [4.78, 5) is 0. The second-order valence-electron chi connectivity index (χ2n) is 7.79. The summed E-state index contributed by atoms with van der Waals surface area (Å²) in [6.45, 7) is 4.92. The van der Waals surface area contributed by atoms with E-state index in [0.29, 0.717) is 6.61 Å². The lowest BCUT2D eigenvalue weighted by atomic mass is 9.84. The molecule has 5 rings (SSSR count). The van der Waals surface area contributed by atoms with E-state index in [1.165, 1.54) is 49.4 Å². The molecule has 152 valence electrons. The summed E-state index contributed by atoms with van der Waals surface area (Å²) in [5.41, 5.74) is 6.23. The summed E-state index contributed by atoms with van der Waals surface area (Å²) in [6.07, 6.45) is 0.938. The molecular formula is C30H26O. The average molecular weight is 403 g/mol. The molecule has 0 bridgehead atoms. The molecule has 5 aromatic rings. The van der Waals surface area contributed by atoms with Crippen LogP contribution in [0.15, 0.2) is 97.1 Å². The maximum absolute atomic E-state index is 6.34. The quantitative estimate of drug-likeness (QED) is 0.269. The Balaban J connectivity index is 2.06. The minimum Gasteiger partial charge on any atom is -0.493 e. The Labute approximate surface area is 183 Å². The van der Waals surface area contributed by atoms with Crippen molar-refractivity contribution in [3.05, 3.63) is 103 Å². The fourth-order valence-corrected chi connectivity index (χ4v) is 4.69. The highest BCUT2D eigenvalue weighted by Crippen LogP contribution is 2.47. The zero-order chi connectivity index (χ0) is 21.2. The van der Waals surface area contributed by atoms with Crippen LogP contribution in [-0.2, 0) is 6.42 Å². The molecule has 0 N–H and O–H groups in total.